The van der Waals surface area contributed by atoms with Gasteiger partial charge in [-0.2, -0.15) is 0 Å². The molecule has 0 aliphatic heterocycles. The van der Waals surface area contributed by atoms with E-state index in [2.05, 4.69) is 33.9 Å². The van der Waals surface area contributed by atoms with Crippen LogP contribution in [0.5, 0.6) is 5.75 Å². The average molecular weight is 340 g/mol. The number of rotatable bonds is 7. The fourth-order valence-corrected chi connectivity index (χ4v) is 3.44. The molecule has 6 heteroatoms. The van der Waals surface area contributed by atoms with E-state index in [9.17, 15) is 10.1 Å². The fourth-order valence-electron chi connectivity index (χ4n) is 2.16. The Hall–Kier alpha value is -1.40. The number of methoxy groups -OCH3 is 1. The highest BCUT2D eigenvalue weighted by Crippen LogP contribution is 2.41. The Balaban J connectivity index is 3.29. The summed E-state index contributed by atoms with van der Waals surface area (Å²) in [4.78, 5) is 11.3. The van der Waals surface area contributed by atoms with Crippen LogP contribution in [0.3, 0.4) is 0 Å². The van der Waals surface area contributed by atoms with Gasteiger partial charge in [0.15, 0.2) is 8.32 Å². The van der Waals surface area contributed by atoms with Gasteiger partial charge in [-0.15, -0.1) is 0 Å². The molecule has 1 aromatic rings. The molecule has 0 heterocycles. The first-order chi connectivity index (χ1) is 10.5. The molecule has 130 valence electrons. The Morgan fingerprint density at radius 2 is 1.91 bits per heavy atom. The number of hydrogen-bond donors (Lipinski definition) is 0. The lowest BCUT2D eigenvalue weighted by Gasteiger charge is -2.39. The number of benzene rings is 1. The van der Waals surface area contributed by atoms with E-state index in [0.29, 0.717) is 12.2 Å². The van der Waals surface area contributed by atoms with Gasteiger partial charge in [-0.25, -0.2) is 0 Å². The summed E-state index contributed by atoms with van der Waals surface area (Å²) in [6.07, 6.45) is -0.144. The standard InChI is InChI=1S/C17H29NO4Si/c1-8-15(18(19)20)16(22-23(6,7)17(2,3)4)13-10-9-11-14(12-13)21-5/h9-12,15-16H,8H2,1-7H3/t15-,16-/m1/s1. The highest BCUT2D eigenvalue weighted by atomic mass is 28.4. The molecule has 23 heavy (non-hydrogen) atoms. The van der Waals surface area contributed by atoms with Crippen LogP contribution in [0.4, 0.5) is 0 Å². The minimum Gasteiger partial charge on any atom is -0.497 e. The maximum absolute atomic E-state index is 11.5. The molecule has 0 fully saturated rings. The monoisotopic (exact) mass is 339 g/mol. The van der Waals surface area contributed by atoms with Crippen LogP contribution in [-0.2, 0) is 4.43 Å². The number of ether oxygens (including phenoxy) is 1. The van der Waals surface area contributed by atoms with Crippen molar-refractivity contribution in [1.82, 2.24) is 0 Å². The average Bonchev–Trinajstić information content (AvgIpc) is 2.45. The van der Waals surface area contributed by atoms with Crippen LogP contribution in [0.15, 0.2) is 24.3 Å². The second-order valence-electron chi connectivity index (χ2n) is 7.34. The van der Waals surface area contributed by atoms with Gasteiger partial charge in [-0.3, -0.25) is 10.1 Å². The molecule has 0 unspecified atom stereocenters. The Morgan fingerprint density at radius 1 is 1.30 bits per heavy atom. The van der Waals surface area contributed by atoms with Crippen LogP contribution in [-0.4, -0.2) is 26.4 Å². The molecular weight excluding hydrogens is 310 g/mol. The van der Waals surface area contributed by atoms with Crippen LogP contribution < -0.4 is 4.74 Å². The largest absolute Gasteiger partial charge is 0.497 e. The molecule has 0 saturated carbocycles. The van der Waals surface area contributed by atoms with E-state index in [1.807, 2.05) is 31.2 Å². The van der Waals surface area contributed by atoms with Gasteiger partial charge in [-0.1, -0.05) is 39.8 Å². The predicted octanol–water partition coefficient (Wildman–Crippen LogP) is 4.81. The highest BCUT2D eigenvalue weighted by molar-refractivity contribution is 6.74. The molecule has 1 aromatic carbocycles. The Bertz CT molecular complexity index is 540. The maximum atomic E-state index is 11.5. The highest BCUT2D eigenvalue weighted by Gasteiger charge is 2.43. The normalized spacial score (nSPS) is 15.1. The summed E-state index contributed by atoms with van der Waals surface area (Å²) in [6, 6.07) is 6.63. The van der Waals surface area contributed by atoms with E-state index >= 15 is 0 Å². The molecule has 0 radical (unpaired) electrons. The summed E-state index contributed by atoms with van der Waals surface area (Å²) in [6.45, 7) is 12.5. The Labute approximate surface area is 140 Å². The van der Waals surface area contributed by atoms with Crippen molar-refractivity contribution in [3.63, 3.8) is 0 Å². The molecule has 1 rings (SSSR count). The summed E-state index contributed by atoms with van der Waals surface area (Å²) in [5.41, 5.74) is 0.803. The Morgan fingerprint density at radius 3 is 2.35 bits per heavy atom. The van der Waals surface area contributed by atoms with Crippen molar-refractivity contribution in [3.05, 3.63) is 39.9 Å². The lowest BCUT2D eigenvalue weighted by molar-refractivity contribution is -0.535. The SMILES string of the molecule is CC[C@H]([C@H](O[Si](C)(C)C(C)(C)C)c1cccc(OC)c1)[N+](=O)[O-]. The zero-order valence-corrected chi connectivity index (χ0v) is 16.3. The molecule has 0 aromatic heterocycles. The number of nitro groups is 1. The van der Waals surface area contributed by atoms with Crippen molar-refractivity contribution >= 4 is 8.32 Å². The third-order valence-corrected chi connectivity index (χ3v) is 9.14. The van der Waals surface area contributed by atoms with Crippen LogP contribution in [0.2, 0.25) is 18.1 Å². The zero-order valence-electron chi connectivity index (χ0n) is 15.3. The van der Waals surface area contributed by atoms with Gasteiger partial charge in [0.25, 0.3) is 0 Å². The summed E-state index contributed by atoms with van der Waals surface area (Å²) < 4.78 is 11.7. The molecule has 2 atom stereocenters. The van der Waals surface area contributed by atoms with Crippen molar-refractivity contribution in [3.8, 4) is 5.75 Å². The lowest BCUT2D eigenvalue weighted by atomic mass is 10.0. The quantitative estimate of drug-likeness (QED) is 0.406. The second-order valence-corrected chi connectivity index (χ2v) is 12.1. The van der Waals surface area contributed by atoms with E-state index in [4.69, 9.17) is 9.16 Å². The van der Waals surface area contributed by atoms with E-state index < -0.39 is 20.5 Å². The molecule has 0 bridgehead atoms. The summed E-state index contributed by atoms with van der Waals surface area (Å²) in [7, 11) is -0.558. The van der Waals surface area contributed by atoms with Crippen molar-refractivity contribution < 1.29 is 14.1 Å². The summed E-state index contributed by atoms with van der Waals surface area (Å²) in [5, 5.41) is 11.5. The fraction of sp³-hybridized carbons (Fsp3) is 0.647. The topological polar surface area (TPSA) is 61.6 Å². The number of hydrogen-bond acceptors (Lipinski definition) is 4. The second kappa shape index (κ2) is 7.44. The van der Waals surface area contributed by atoms with Crippen LogP contribution in [0.25, 0.3) is 0 Å². The minimum absolute atomic E-state index is 0.0149. The molecule has 5 nitrogen and oxygen atoms in total. The molecule has 0 amide bonds. The summed E-state index contributed by atoms with van der Waals surface area (Å²) >= 11 is 0. The molecule has 0 saturated heterocycles. The van der Waals surface area contributed by atoms with Crippen molar-refractivity contribution in [2.75, 3.05) is 7.11 Å². The van der Waals surface area contributed by atoms with Crippen LogP contribution >= 0.6 is 0 Å². The van der Waals surface area contributed by atoms with Crippen molar-refractivity contribution in [2.24, 2.45) is 0 Å². The van der Waals surface area contributed by atoms with Gasteiger partial charge in [0, 0.05) is 11.3 Å². The number of nitrogens with zero attached hydrogens (tertiary/aromatic N) is 1. The minimum atomic E-state index is -2.15. The maximum Gasteiger partial charge on any atom is 0.241 e. The van der Waals surface area contributed by atoms with Crippen LogP contribution in [0, 0.1) is 10.1 Å². The molecule has 0 spiro atoms. The van der Waals surface area contributed by atoms with E-state index in [1.54, 1.807) is 7.11 Å². The third-order valence-electron chi connectivity index (χ3n) is 4.69. The first-order valence-electron chi connectivity index (χ1n) is 7.98. The molecule has 0 N–H and O–H groups in total. The van der Waals surface area contributed by atoms with Gasteiger partial charge < -0.3 is 9.16 Å². The third kappa shape index (κ3) is 4.78. The molecular formula is C17H29NO4Si. The van der Waals surface area contributed by atoms with Gasteiger partial charge in [0.2, 0.25) is 6.04 Å². The van der Waals surface area contributed by atoms with Crippen LogP contribution in [0.1, 0.15) is 45.8 Å². The smallest absolute Gasteiger partial charge is 0.241 e. The molecule has 0 aliphatic carbocycles. The molecule has 0 aliphatic rings. The van der Waals surface area contributed by atoms with Crippen molar-refractivity contribution in [2.45, 2.75) is 64.4 Å². The van der Waals surface area contributed by atoms with Gasteiger partial charge in [-0.05, 0) is 35.8 Å². The van der Waals surface area contributed by atoms with E-state index in [-0.39, 0.29) is 9.96 Å². The van der Waals surface area contributed by atoms with Gasteiger partial charge in [0.05, 0.1) is 7.11 Å². The van der Waals surface area contributed by atoms with Gasteiger partial charge in [0.1, 0.15) is 11.9 Å². The van der Waals surface area contributed by atoms with E-state index in [1.165, 1.54) is 0 Å². The Kier molecular flexibility index (Phi) is 6.36. The lowest BCUT2D eigenvalue weighted by Crippen LogP contribution is -2.45. The van der Waals surface area contributed by atoms with Crippen molar-refractivity contribution in [1.29, 1.82) is 0 Å². The summed E-state index contributed by atoms with van der Waals surface area (Å²) in [5.74, 6) is 0.685. The predicted molar refractivity (Wildman–Crippen MR) is 95.1 cm³/mol. The first-order valence-corrected chi connectivity index (χ1v) is 10.9. The van der Waals surface area contributed by atoms with E-state index in [0.717, 1.165) is 5.56 Å². The van der Waals surface area contributed by atoms with Gasteiger partial charge >= 0.3 is 0 Å². The zero-order chi connectivity index (χ0) is 17.8. The first kappa shape index (κ1) is 19.6.